The average Bonchev–Trinajstić information content (AvgIpc) is 2.31. The Morgan fingerprint density at radius 1 is 1.42 bits per heavy atom. The third-order valence-electron chi connectivity index (χ3n) is 2.79. The van der Waals surface area contributed by atoms with Crippen molar-refractivity contribution in [3.63, 3.8) is 0 Å². The van der Waals surface area contributed by atoms with Crippen LogP contribution in [-0.4, -0.2) is 37.6 Å². The van der Waals surface area contributed by atoms with Crippen LogP contribution in [0.15, 0.2) is 0 Å². The van der Waals surface area contributed by atoms with Gasteiger partial charge in [-0.2, -0.15) is 0 Å². The summed E-state index contributed by atoms with van der Waals surface area (Å²) in [6.45, 7) is 8.44. The molecule has 0 saturated carbocycles. The van der Waals surface area contributed by atoms with Crippen LogP contribution in [0, 0.1) is 5.92 Å². The zero-order valence-corrected chi connectivity index (χ0v) is 8.64. The second kappa shape index (κ2) is 4.83. The molecule has 0 spiro atoms. The molecule has 72 valence electrons. The average molecular weight is 170 g/mol. The second-order valence-corrected chi connectivity index (χ2v) is 4.14. The van der Waals surface area contributed by atoms with E-state index in [1.807, 2.05) is 7.05 Å². The van der Waals surface area contributed by atoms with E-state index in [2.05, 4.69) is 24.1 Å². The van der Waals surface area contributed by atoms with Crippen molar-refractivity contribution in [1.29, 1.82) is 0 Å². The van der Waals surface area contributed by atoms with E-state index >= 15 is 0 Å². The molecule has 1 rings (SSSR count). The summed E-state index contributed by atoms with van der Waals surface area (Å²) in [5.41, 5.74) is 0. The molecule has 2 heteroatoms. The predicted octanol–water partition coefficient (Wildman–Crippen LogP) is 1.33. The highest BCUT2D eigenvalue weighted by molar-refractivity contribution is 4.79. The molecule has 0 aliphatic carbocycles. The summed E-state index contributed by atoms with van der Waals surface area (Å²) in [6.07, 6.45) is 2.67. The molecule has 0 aromatic rings. The molecule has 2 atom stereocenters. The second-order valence-electron chi connectivity index (χ2n) is 4.14. The maximum atomic E-state index is 3.19. The van der Waals surface area contributed by atoms with Crippen molar-refractivity contribution in [2.24, 2.45) is 5.92 Å². The lowest BCUT2D eigenvalue weighted by Gasteiger charge is -2.20. The van der Waals surface area contributed by atoms with Crippen LogP contribution in [0.1, 0.15) is 26.7 Å². The first-order valence-electron chi connectivity index (χ1n) is 5.12. The summed E-state index contributed by atoms with van der Waals surface area (Å²) in [6, 6.07) is 0.817. The molecule has 2 nitrogen and oxygen atoms in total. The Hall–Kier alpha value is -0.0800. The molecule has 1 aliphatic rings. The van der Waals surface area contributed by atoms with Gasteiger partial charge >= 0.3 is 0 Å². The topological polar surface area (TPSA) is 15.3 Å². The summed E-state index contributed by atoms with van der Waals surface area (Å²) >= 11 is 0. The smallest absolute Gasteiger partial charge is 0.00700 e. The number of nitrogens with zero attached hydrogens (tertiary/aromatic N) is 1. The van der Waals surface area contributed by atoms with Crippen molar-refractivity contribution in [1.82, 2.24) is 10.2 Å². The highest BCUT2D eigenvalue weighted by Gasteiger charge is 2.24. The Balaban J connectivity index is 2.15. The minimum absolute atomic E-state index is 0.817. The van der Waals surface area contributed by atoms with Crippen molar-refractivity contribution in [2.45, 2.75) is 32.7 Å². The number of hydrogen-bond donors (Lipinski definition) is 1. The first-order valence-corrected chi connectivity index (χ1v) is 5.12. The summed E-state index contributed by atoms with van der Waals surface area (Å²) < 4.78 is 0. The Labute approximate surface area is 76.3 Å². The van der Waals surface area contributed by atoms with Gasteiger partial charge in [0.1, 0.15) is 0 Å². The SMILES string of the molecule is CNCCCN1CC(C)CC1C. The van der Waals surface area contributed by atoms with Gasteiger partial charge in [-0.15, -0.1) is 0 Å². The van der Waals surface area contributed by atoms with Crippen molar-refractivity contribution < 1.29 is 0 Å². The molecule has 0 bridgehead atoms. The lowest BCUT2D eigenvalue weighted by atomic mass is 10.1. The zero-order chi connectivity index (χ0) is 8.97. The maximum Gasteiger partial charge on any atom is 0.00700 e. The standard InChI is InChI=1S/C10H22N2/c1-9-7-10(2)12(8-9)6-4-5-11-3/h9-11H,4-8H2,1-3H3. The van der Waals surface area contributed by atoms with Crippen LogP contribution in [0.2, 0.25) is 0 Å². The Kier molecular flexibility index (Phi) is 4.02. The fraction of sp³-hybridized carbons (Fsp3) is 1.00. The largest absolute Gasteiger partial charge is 0.320 e. The van der Waals surface area contributed by atoms with Gasteiger partial charge in [0.2, 0.25) is 0 Å². The monoisotopic (exact) mass is 170 g/mol. The normalized spacial score (nSPS) is 31.2. The summed E-state index contributed by atoms with van der Waals surface area (Å²) in [5.74, 6) is 0.912. The molecule has 0 aromatic carbocycles. The minimum Gasteiger partial charge on any atom is -0.320 e. The third-order valence-corrected chi connectivity index (χ3v) is 2.79. The fourth-order valence-corrected chi connectivity index (χ4v) is 2.16. The van der Waals surface area contributed by atoms with Crippen molar-refractivity contribution in [3.05, 3.63) is 0 Å². The molecule has 1 heterocycles. The first-order chi connectivity index (χ1) is 5.74. The fourth-order valence-electron chi connectivity index (χ4n) is 2.16. The lowest BCUT2D eigenvalue weighted by Crippen LogP contribution is -2.29. The van der Waals surface area contributed by atoms with E-state index in [0.717, 1.165) is 18.5 Å². The highest BCUT2D eigenvalue weighted by Crippen LogP contribution is 2.21. The Morgan fingerprint density at radius 3 is 2.67 bits per heavy atom. The number of nitrogens with one attached hydrogen (secondary N) is 1. The molecule has 1 fully saturated rings. The van der Waals surface area contributed by atoms with Crippen LogP contribution in [0.4, 0.5) is 0 Å². The molecule has 0 radical (unpaired) electrons. The van der Waals surface area contributed by atoms with E-state index in [9.17, 15) is 0 Å². The minimum atomic E-state index is 0.817. The quantitative estimate of drug-likeness (QED) is 0.640. The number of hydrogen-bond acceptors (Lipinski definition) is 2. The van der Waals surface area contributed by atoms with Crippen LogP contribution in [0.3, 0.4) is 0 Å². The van der Waals surface area contributed by atoms with E-state index in [0.29, 0.717) is 0 Å². The molecule has 1 aliphatic heterocycles. The van der Waals surface area contributed by atoms with Gasteiger partial charge < -0.3 is 10.2 Å². The number of rotatable bonds is 4. The molecule has 2 unspecified atom stereocenters. The summed E-state index contributed by atoms with van der Waals surface area (Å²) in [5, 5.41) is 3.19. The van der Waals surface area contributed by atoms with Crippen LogP contribution >= 0.6 is 0 Å². The van der Waals surface area contributed by atoms with Crippen molar-refractivity contribution >= 4 is 0 Å². The molecule has 1 saturated heterocycles. The van der Waals surface area contributed by atoms with Crippen LogP contribution in [0.25, 0.3) is 0 Å². The van der Waals surface area contributed by atoms with Gasteiger partial charge in [-0.25, -0.2) is 0 Å². The summed E-state index contributed by atoms with van der Waals surface area (Å²) in [4.78, 5) is 2.61. The molecule has 12 heavy (non-hydrogen) atoms. The zero-order valence-electron chi connectivity index (χ0n) is 8.64. The lowest BCUT2D eigenvalue weighted by molar-refractivity contribution is 0.261. The van der Waals surface area contributed by atoms with Crippen LogP contribution in [0.5, 0.6) is 0 Å². The molecular formula is C10H22N2. The van der Waals surface area contributed by atoms with E-state index in [-0.39, 0.29) is 0 Å². The predicted molar refractivity (Wildman–Crippen MR) is 53.4 cm³/mol. The number of likely N-dealkylation sites (tertiary alicyclic amines) is 1. The molecular weight excluding hydrogens is 148 g/mol. The third kappa shape index (κ3) is 2.76. The molecule has 0 amide bonds. The van der Waals surface area contributed by atoms with E-state index < -0.39 is 0 Å². The van der Waals surface area contributed by atoms with Gasteiger partial charge in [-0.3, -0.25) is 0 Å². The summed E-state index contributed by atoms with van der Waals surface area (Å²) in [7, 11) is 2.02. The van der Waals surface area contributed by atoms with Gasteiger partial charge in [-0.05, 0) is 45.8 Å². The molecule has 1 N–H and O–H groups in total. The van der Waals surface area contributed by atoms with Gasteiger partial charge in [-0.1, -0.05) is 6.92 Å². The van der Waals surface area contributed by atoms with Gasteiger partial charge in [0.25, 0.3) is 0 Å². The Morgan fingerprint density at radius 2 is 2.17 bits per heavy atom. The van der Waals surface area contributed by atoms with Crippen molar-refractivity contribution in [3.8, 4) is 0 Å². The van der Waals surface area contributed by atoms with Gasteiger partial charge in [0, 0.05) is 12.6 Å². The van der Waals surface area contributed by atoms with E-state index in [4.69, 9.17) is 0 Å². The first kappa shape index (κ1) is 10.0. The van der Waals surface area contributed by atoms with E-state index in [1.165, 1.54) is 25.9 Å². The van der Waals surface area contributed by atoms with Crippen LogP contribution < -0.4 is 5.32 Å². The van der Waals surface area contributed by atoms with Gasteiger partial charge in [0.05, 0.1) is 0 Å². The molecule has 0 aromatic heterocycles. The highest BCUT2D eigenvalue weighted by atomic mass is 15.2. The van der Waals surface area contributed by atoms with Crippen molar-refractivity contribution in [2.75, 3.05) is 26.7 Å². The van der Waals surface area contributed by atoms with E-state index in [1.54, 1.807) is 0 Å². The van der Waals surface area contributed by atoms with Gasteiger partial charge in [0.15, 0.2) is 0 Å². The maximum absolute atomic E-state index is 3.19. The van der Waals surface area contributed by atoms with Crippen LogP contribution in [-0.2, 0) is 0 Å². The Bertz CT molecular complexity index is 125.